The number of hydrogen-bond donors (Lipinski definition) is 2. The Kier molecular flexibility index (Phi) is 4.07. The van der Waals surface area contributed by atoms with Gasteiger partial charge in [-0.2, -0.15) is 0 Å². The molecule has 0 radical (unpaired) electrons. The second-order valence-corrected chi connectivity index (χ2v) is 5.77. The van der Waals surface area contributed by atoms with E-state index in [9.17, 15) is 0 Å². The molecule has 0 saturated carbocycles. The first-order chi connectivity index (χ1) is 9.79. The molecule has 2 aromatic rings. The van der Waals surface area contributed by atoms with E-state index in [1.807, 2.05) is 6.92 Å². The number of nitrogens with zero attached hydrogens (tertiary/aromatic N) is 2. The summed E-state index contributed by atoms with van der Waals surface area (Å²) >= 11 is 1.39. The van der Waals surface area contributed by atoms with Crippen molar-refractivity contribution < 1.29 is 4.74 Å². The van der Waals surface area contributed by atoms with Gasteiger partial charge in [-0.1, -0.05) is 28.8 Å². The van der Waals surface area contributed by atoms with Gasteiger partial charge in [0.1, 0.15) is 0 Å². The zero-order chi connectivity index (χ0) is 13.9. The van der Waals surface area contributed by atoms with Crippen molar-refractivity contribution in [2.24, 2.45) is 5.84 Å². The highest BCUT2D eigenvalue weighted by Crippen LogP contribution is 2.35. The second kappa shape index (κ2) is 5.97. The van der Waals surface area contributed by atoms with Gasteiger partial charge in [-0.25, -0.2) is 0 Å². The number of hydrazine groups is 1. The lowest BCUT2D eigenvalue weighted by atomic mass is 9.93. The van der Waals surface area contributed by atoms with Crippen LogP contribution in [0.2, 0.25) is 0 Å². The molecular formula is C14H18N4OS. The Hall–Kier alpha value is -1.34. The third-order valence-electron chi connectivity index (χ3n) is 3.75. The number of benzene rings is 1. The fourth-order valence-corrected chi connectivity index (χ4v) is 3.41. The molecule has 0 fully saturated rings. The maximum Gasteiger partial charge on any atom is 0.0846 e. The molecule has 5 nitrogen and oxygen atoms in total. The van der Waals surface area contributed by atoms with Gasteiger partial charge in [0.05, 0.1) is 29.3 Å². The van der Waals surface area contributed by atoms with Crippen molar-refractivity contribution in [1.82, 2.24) is 15.0 Å². The SMILES string of the molecule is Cc1nnsc1C(CC1OCCc2ccccc21)NN. The number of fused-ring (bicyclic) bond motifs is 1. The molecule has 2 unspecified atom stereocenters. The predicted octanol–water partition coefficient (Wildman–Crippen LogP) is 2.06. The summed E-state index contributed by atoms with van der Waals surface area (Å²) < 4.78 is 9.93. The monoisotopic (exact) mass is 290 g/mol. The highest BCUT2D eigenvalue weighted by atomic mass is 32.1. The number of ether oxygens (including phenoxy) is 1. The van der Waals surface area contributed by atoms with Gasteiger partial charge in [-0.05, 0) is 42.4 Å². The summed E-state index contributed by atoms with van der Waals surface area (Å²) in [5, 5.41) is 4.06. The Morgan fingerprint density at radius 1 is 1.50 bits per heavy atom. The number of rotatable bonds is 4. The third-order valence-corrected chi connectivity index (χ3v) is 4.69. The summed E-state index contributed by atoms with van der Waals surface area (Å²) in [6.07, 6.45) is 1.84. The molecule has 2 heterocycles. The van der Waals surface area contributed by atoms with E-state index in [0.717, 1.165) is 30.0 Å². The molecule has 0 saturated heterocycles. The molecule has 3 N–H and O–H groups in total. The Morgan fingerprint density at radius 3 is 3.10 bits per heavy atom. The molecule has 3 rings (SSSR count). The summed E-state index contributed by atoms with van der Waals surface area (Å²) in [5.41, 5.74) is 6.45. The van der Waals surface area contributed by atoms with Crippen LogP contribution in [0, 0.1) is 6.92 Å². The average molecular weight is 290 g/mol. The molecule has 1 aliphatic heterocycles. The topological polar surface area (TPSA) is 73.1 Å². The number of hydrogen-bond acceptors (Lipinski definition) is 6. The Morgan fingerprint density at radius 2 is 2.35 bits per heavy atom. The van der Waals surface area contributed by atoms with Crippen LogP contribution < -0.4 is 11.3 Å². The smallest absolute Gasteiger partial charge is 0.0846 e. The van der Waals surface area contributed by atoms with Crippen molar-refractivity contribution in [1.29, 1.82) is 0 Å². The number of aryl methyl sites for hydroxylation is 1. The van der Waals surface area contributed by atoms with Crippen LogP contribution in [0.4, 0.5) is 0 Å². The first-order valence-corrected chi connectivity index (χ1v) is 7.51. The summed E-state index contributed by atoms with van der Waals surface area (Å²) in [4.78, 5) is 1.08. The minimum Gasteiger partial charge on any atom is -0.373 e. The van der Waals surface area contributed by atoms with Crippen LogP contribution in [0.3, 0.4) is 0 Å². The lowest BCUT2D eigenvalue weighted by molar-refractivity contribution is 0.0295. The van der Waals surface area contributed by atoms with Gasteiger partial charge in [0, 0.05) is 0 Å². The Bertz CT molecular complexity index is 586. The summed E-state index contributed by atoms with van der Waals surface area (Å²) in [6, 6.07) is 8.48. The van der Waals surface area contributed by atoms with Crippen molar-refractivity contribution >= 4 is 11.5 Å². The normalized spacial score (nSPS) is 19.6. The average Bonchev–Trinajstić information content (AvgIpc) is 2.91. The fourth-order valence-electron chi connectivity index (χ4n) is 2.69. The van der Waals surface area contributed by atoms with Crippen LogP contribution >= 0.6 is 11.5 Å². The van der Waals surface area contributed by atoms with E-state index in [4.69, 9.17) is 10.6 Å². The summed E-state index contributed by atoms with van der Waals surface area (Å²) in [6.45, 7) is 2.72. The molecule has 0 amide bonds. The minimum atomic E-state index is 0.0196. The molecule has 0 bridgehead atoms. The minimum absolute atomic E-state index is 0.0196. The first kappa shape index (κ1) is 13.6. The lowest BCUT2D eigenvalue weighted by Gasteiger charge is -2.28. The van der Waals surface area contributed by atoms with Gasteiger partial charge in [0.2, 0.25) is 0 Å². The first-order valence-electron chi connectivity index (χ1n) is 6.74. The zero-order valence-electron chi connectivity index (χ0n) is 11.4. The summed E-state index contributed by atoms with van der Waals surface area (Å²) in [5.74, 6) is 5.72. The van der Waals surface area contributed by atoms with Crippen LogP contribution in [0.25, 0.3) is 0 Å². The third kappa shape index (κ3) is 2.60. The van der Waals surface area contributed by atoms with Crippen molar-refractivity contribution in [3.05, 3.63) is 46.0 Å². The van der Waals surface area contributed by atoms with E-state index < -0.39 is 0 Å². The number of nitrogens with two attached hydrogens (primary N) is 1. The van der Waals surface area contributed by atoms with Crippen molar-refractivity contribution in [3.63, 3.8) is 0 Å². The van der Waals surface area contributed by atoms with Crippen molar-refractivity contribution in [2.75, 3.05) is 6.61 Å². The van der Waals surface area contributed by atoms with E-state index in [-0.39, 0.29) is 12.1 Å². The maximum absolute atomic E-state index is 5.94. The van der Waals surface area contributed by atoms with Crippen LogP contribution in [0.5, 0.6) is 0 Å². The molecule has 1 aliphatic rings. The maximum atomic E-state index is 5.94. The molecule has 106 valence electrons. The molecule has 6 heteroatoms. The zero-order valence-corrected chi connectivity index (χ0v) is 12.2. The van der Waals surface area contributed by atoms with Crippen LogP contribution in [-0.4, -0.2) is 16.2 Å². The van der Waals surface area contributed by atoms with E-state index >= 15 is 0 Å². The number of aromatic nitrogens is 2. The van der Waals surface area contributed by atoms with E-state index in [1.54, 1.807) is 0 Å². The van der Waals surface area contributed by atoms with Crippen LogP contribution in [-0.2, 0) is 11.2 Å². The van der Waals surface area contributed by atoms with Gasteiger partial charge in [0.25, 0.3) is 0 Å². The molecule has 20 heavy (non-hydrogen) atoms. The second-order valence-electron chi connectivity index (χ2n) is 4.99. The molecule has 1 aromatic carbocycles. The highest BCUT2D eigenvalue weighted by molar-refractivity contribution is 7.05. The largest absolute Gasteiger partial charge is 0.373 e. The number of nitrogens with one attached hydrogen (secondary N) is 1. The van der Waals surface area contributed by atoms with E-state index in [0.29, 0.717) is 0 Å². The van der Waals surface area contributed by atoms with Gasteiger partial charge < -0.3 is 4.74 Å². The van der Waals surface area contributed by atoms with Crippen LogP contribution in [0.1, 0.15) is 40.3 Å². The molecule has 0 spiro atoms. The van der Waals surface area contributed by atoms with Crippen LogP contribution in [0.15, 0.2) is 24.3 Å². The summed E-state index contributed by atoms with van der Waals surface area (Å²) in [7, 11) is 0. The van der Waals surface area contributed by atoms with Gasteiger partial charge in [-0.3, -0.25) is 11.3 Å². The highest BCUT2D eigenvalue weighted by Gasteiger charge is 2.26. The van der Waals surface area contributed by atoms with E-state index in [2.05, 4.69) is 39.3 Å². The predicted molar refractivity (Wildman–Crippen MR) is 78.2 cm³/mol. The molecule has 2 atom stereocenters. The van der Waals surface area contributed by atoms with Crippen molar-refractivity contribution in [2.45, 2.75) is 31.9 Å². The van der Waals surface area contributed by atoms with Gasteiger partial charge >= 0.3 is 0 Å². The molecule has 1 aromatic heterocycles. The molecule has 0 aliphatic carbocycles. The lowest BCUT2D eigenvalue weighted by Crippen LogP contribution is -2.30. The van der Waals surface area contributed by atoms with Gasteiger partial charge in [0.15, 0.2) is 0 Å². The molecular weight excluding hydrogens is 272 g/mol. The van der Waals surface area contributed by atoms with E-state index in [1.165, 1.54) is 22.7 Å². The van der Waals surface area contributed by atoms with Crippen molar-refractivity contribution in [3.8, 4) is 0 Å². The fraction of sp³-hybridized carbons (Fsp3) is 0.429. The quantitative estimate of drug-likeness (QED) is 0.666. The standard InChI is InChI=1S/C14H18N4OS/c1-9-14(20-18-17-9)12(16-15)8-13-11-5-3-2-4-10(11)6-7-19-13/h2-5,12-13,16H,6-8,15H2,1H3. The Balaban J connectivity index is 1.82. The Labute approximate surface area is 122 Å². The van der Waals surface area contributed by atoms with Gasteiger partial charge in [-0.15, -0.1) is 5.10 Å².